The van der Waals surface area contributed by atoms with Gasteiger partial charge in [0.05, 0.1) is 41.1 Å². The molecule has 1 aliphatic heterocycles. The largest absolute Gasteiger partial charge is 0.463 e. The lowest BCUT2D eigenvalue weighted by Crippen LogP contribution is -2.50. The Morgan fingerprint density at radius 1 is 1.15 bits per heavy atom. The molecule has 2 heterocycles. The van der Waals surface area contributed by atoms with Crippen LogP contribution in [0, 0.1) is 0 Å². The molecule has 9 nitrogen and oxygen atoms in total. The van der Waals surface area contributed by atoms with Crippen molar-refractivity contribution in [2.45, 2.75) is 19.9 Å². The van der Waals surface area contributed by atoms with Crippen LogP contribution in [0.3, 0.4) is 0 Å². The van der Waals surface area contributed by atoms with E-state index in [0.29, 0.717) is 11.0 Å². The van der Waals surface area contributed by atoms with Crippen molar-refractivity contribution in [3.8, 4) is 0 Å². The highest BCUT2D eigenvalue weighted by Crippen LogP contribution is 2.15. The van der Waals surface area contributed by atoms with Crippen molar-refractivity contribution in [3.63, 3.8) is 0 Å². The van der Waals surface area contributed by atoms with E-state index in [1.54, 1.807) is 32.0 Å². The number of nitrogens with one attached hydrogen (secondary N) is 2. The second-order valence-electron chi connectivity index (χ2n) is 5.75. The van der Waals surface area contributed by atoms with Gasteiger partial charge in [0.2, 0.25) is 0 Å². The molecule has 1 atom stereocenters. The van der Waals surface area contributed by atoms with Gasteiger partial charge < -0.3 is 20.1 Å². The maximum absolute atomic E-state index is 12.3. The molecule has 140 valence electrons. The summed E-state index contributed by atoms with van der Waals surface area (Å²) in [5.41, 5.74) is 1.61. The zero-order chi connectivity index (χ0) is 19.4. The first-order valence-corrected chi connectivity index (χ1v) is 8.36. The molecule has 9 heteroatoms. The summed E-state index contributed by atoms with van der Waals surface area (Å²) < 4.78 is 10.2. The van der Waals surface area contributed by atoms with Crippen molar-refractivity contribution in [3.05, 3.63) is 47.4 Å². The van der Waals surface area contributed by atoms with Gasteiger partial charge in [0.25, 0.3) is 0 Å². The quantitative estimate of drug-likeness (QED) is 0.761. The molecule has 2 amide bonds. The summed E-state index contributed by atoms with van der Waals surface area (Å²) in [6.07, 6.45) is 1.31. The summed E-state index contributed by atoms with van der Waals surface area (Å²) in [4.78, 5) is 44.5. The van der Waals surface area contributed by atoms with Crippen molar-refractivity contribution in [1.82, 2.24) is 20.6 Å². The van der Waals surface area contributed by atoms with E-state index in [2.05, 4.69) is 20.6 Å². The minimum atomic E-state index is -0.718. The van der Waals surface area contributed by atoms with E-state index in [9.17, 15) is 14.4 Å². The third-order valence-corrected chi connectivity index (χ3v) is 3.87. The van der Waals surface area contributed by atoms with E-state index in [4.69, 9.17) is 9.47 Å². The molecule has 0 fully saturated rings. The van der Waals surface area contributed by atoms with Crippen LogP contribution in [0.4, 0.5) is 4.79 Å². The Bertz CT molecular complexity index is 940. The van der Waals surface area contributed by atoms with Crippen molar-refractivity contribution in [2.75, 3.05) is 13.2 Å². The highest BCUT2D eigenvalue weighted by atomic mass is 16.5. The first-order valence-electron chi connectivity index (χ1n) is 8.36. The Kier molecular flexibility index (Phi) is 5.30. The van der Waals surface area contributed by atoms with Gasteiger partial charge in [-0.05, 0) is 26.0 Å². The number of esters is 2. The smallest absolute Gasteiger partial charge is 0.358 e. The molecule has 0 radical (unpaired) electrons. The Balaban J connectivity index is 1.79. The van der Waals surface area contributed by atoms with Gasteiger partial charge in [-0.3, -0.25) is 4.98 Å². The van der Waals surface area contributed by atoms with Crippen molar-refractivity contribution in [1.29, 1.82) is 0 Å². The topological polar surface area (TPSA) is 120 Å². The van der Waals surface area contributed by atoms with Crippen LogP contribution in [0.5, 0.6) is 0 Å². The summed E-state index contributed by atoms with van der Waals surface area (Å²) in [6.45, 7) is 3.19. The van der Waals surface area contributed by atoms with Crippen LogP contribution in [0.1, 0.15) is 24.3 Å². The minimum absolute atomic E-state index is 0.0281. The van der Waals surface area contributed by atoms with Gasteiger partial charge in [-0.1, -0.05) is 12.1 Å². The number of carbonyl (C=O) groups is 3. The zero-order valence-electron chi connectivity index (χ0n) is 14.8. The van der Waals surface area contributed by atoms with Crippen molar-refractivity contribution < 1.29 is 23.9 Å². The fourth-order valence-electron chi connectivity index (χ4n) is 2.66. The number of hydrogen-bond donors (Lipinski definition) is 2. The predicted molar refractivity (Wildman–Crippen MR) is 94.6 cm³/mol. The lowest BCUT2D eigenvalue weighted by atomic mass is 10.0. The second-order valence-corrected chi connectivity index (χ2v) is 5.75. The summed E-state index contributed by atoms with van der Waals surface area (Å²) in [7, 11) is 0. The monoisotopic (exact) mass is 370 g/mol. The highest BCUT2D eigenvalue weighted by molar-refractivity contribution is 5.95. The molecule has 0 bridgehead atoms. The molecular formula is C18H18N4O5. The molecule has 3 rings (SSSR count). The number of para-hydroxylation sites is 2. The summed E-state index contributed by atoms with van der Waals surface area (Å²) in [5.74, 6) is -1.31. The Hall–Kier alpha value is -3.49. The van der Waals surface area contributed by atoms with Gasteiger partial charge in [0, 0.05) is 0 Å². The van der Waals surface area contributed by atoms with E-state index < -0.39 is 24.0 Å². The molecule has 1 unspecified atom stereocenters. The number of urea groups is 1. The normalized spacial score (nSPS) is 16.5. The number of rotatable bonds is 5. The van der Waals surface area contributed by atoms with Gasteiger partial charge in [0.15, 0.2) is 5.69 Å². The summed E-state index contributed by atoms with van der Waals surface area (Å²) in [6, 6.07) is 6.04. The van der Waals surface area contributed by atoms with Crippen LogP contribution in [0.25, 0.3) is 11.0 Å². The molecule has 27 heavy (non-hydrogen) atoms. The number of ether oxygens (including phenoxy) is 2. The number of hydrogen-bond acceptors (Lipinski definition) is 7. The SMILES string of the molecule is CCOC(=O)C1=C(COC(=O)c2cnc3ccccc3n2)NC(=O)NC1C. The molecule has 1 aliphatic rings. The lowest BCUT2D eigenvalue weighted by Gasteiger charge is -2.26. The molecule has 0 saturated carbocycles. The molecule has 1 aromatic heterocycles. The maximum atomic E-state index is 12.3. The molecule has 0 spiro atoms. The van der Waals surface area contributed by atoms with Crippen LogP contribution < -0.4 is 10.6 Å². The fourth-order valence-corrected chi connectivity index (χ4v) is 2.66. The third kappa shape index (κ3) is 4.02. The fraction of sp³-hybridized carbons (Fsp3) is 0.278. The first-order chi connectivity index (χ1) is 13.0. The average molecular weight is 370 g/mol. The van der Waals surface area contributed by atoms with E-state index in [0.717, 1.165) is 0 Å². The highest BCUT2D eigenvalue weighted by Gasteiger charge is 2.30. The molecule has 2 N–H and O–H groups in total. The minimum Gasteiger partial charge on any atom is -0.463 e. The molecular weight excluding hydrogens is 352 g/mol. The van der Waals surface area contributed by atoms with Gasteiger partial charge >= 0.3 is 18.0 Å². The third-order valence-electron chi connectivity index (χ3n) is 3.87. The average Bonchev–Trinajstić information content (AvgIpc) is 2.65. The van der Waals surface area contributed by atoms with Crippen molar-refractivity contribution >= 4 is 29.0 Å². The number of carbonyl (C=O) groups excluding carboxylic acids is 3. The van der Waals surface area contributed by atoms with Crippen LogP contribution in [-0.4, -0.2) is 47.2 Å². The molecule has 2 aromatic rings. The number of benzene rings is 1. The maximum Gasteiger partial charge on any atom is 0.358 e. The van der Waals surface area contributed by atoms with Gasteiger partial charge in [-0.15, -0.1) is 0 Å². The molecule has 0 saturated heterocycles. The molecule has 1 aromatic carbocycles. The lowest BCUT2D eigenvalue weighted by molar-refractivity contribution is -0.139. The Morgan fingerprint density at radius 3 is 2.63 bits per heavy atom. The van der Waals surface area contributed by atoms with Crippen LogP contribution in [-0.2, 0) is 14.3 Å². The number of aromatic nitrogens is 2. The Labute approximate surface area is 154 Å². The summed E-state index contributed by atoms with van der Waals surface area (Å²) >= 11 is 0. The van der Waals surface area contributed by atoms with Crippen LogP contribution in [0.2, 0.25) is 0 Å². The van der Waals surface area contributed by atoms with Crippen LogP contribution in [0.15, 0.2) is 41.7 Å². The van der Waals surface area contributed by atoms with E-state index in [1.165, 1.54) is 6.20 Å². The Morgan fingerprint density at radius 2 is 1.89 bits per heavy atom. The van der Waals surface area contributed by atoms with E-state index in [-0.39, 0.29) is 30.2 Å². The van der Waals surface area contributed by atoms with Gasteiger partial charge in [-0.25, -0.2) is 19.4 Å². The van der Waals surface area contributed by atoms with E-state index >= 15 is 0 Å². The molecule has 0 aliphatic carbocycles. The predicted octanol–water partition coefficient (Wildman–Crippen LogP) is 1.31. The summed E-state index contributed by atoms with van der Waals surface area (Å²) in [5, 5.41) is 5.05. The van der Waals surface area contributed by atoms with Gasteiger partial charge in [0.1, 0.15) is 6.61 Å². The number of amides is 2. The second kappa shape index (κ2) is 7.81. The van der Waals surface area contributed by atoms with Crippen LogP contribution >= 0.6 is 0 Å². The first kappa shape index (κ1) is 18.3. The van der Waals surface area contributed by atoms with E-state index in [1.807, 2.05) is 6.07 Å². The number of fused-ring (bicyclic) bond motifs is 1. The standard InChI is InChI=1S/C18H18N4O5/c1-3-26-17(24)15-10(2)20-18(25)22-14(15)9-27-16(23)13-8-19-11-6-4-5-7-12(11)21-13/h4-8,10H,3,9H2,1-2H3,(H2,20,22,25). The number of nitrogens with zero attached hydrogens (tertiary/aromatic N) is 2. The zero-order valence-corrected chi connectivity index (χ0v) is 14.8. The van der Waals surface area contributed by atoms with Crippen molar-refractivity contribution in [2.24, 2.45) is 0 Å². The van der Waals surface area contributed by atoms with Gasteiger partial charge in [-0.2, -0.15) is 0 Å².